The molecule has 0 spiro atoms. The second kappa shape index (κ2) is 5.24. The topological polar surface area (TPSA) is 53.8 Å². The average molecular weight is 278 g/mol. The predicted molar refractivity (Wildman–Crippen MR) is 78.7 cm³/mol. The average Bonchev–Trinajstić information content (AvgIpc) is 2.92. The molecule has 3 aromatic rings. The Kier molecular flexibility index (Phi) is 3.28. The van der Waals surface area contributed by atoms with Crippen molar-refractivity contribution in [3.05, 3.63) is 65.2 Å². The highest BCUT2D eigenvalue weighted by molar-refractivity contribution is 7.18. The monoisotopic (exact) mass is 278 g/mol. The van der Waals surface area contributed by atoms with Crippen LogP contribution in [0.5, 0.6) is 0 Å². The molecule has 2 aromatic carbocycles. The Labute approximate surface area is 120 Å². The maximum absolute atomic E-state index is 12.4. The summed E-state index contributed by atoms with van der Waals surface area (Å²) in [6.45, 7) is 0. The Morgan fingerprint density at radius 2 is 1.80 bits per heavy atom. The number of carbonyl (C=O) groups excluding carboxylic acids is 1. The number of nitrogens with zero attached hydrogens (tertiary/aromatic N) is 2. The molecule has 0 aliphatic rings. The number of Topliss-reactive ketones (excluding diaryl/α,β-unsaturated/α-hetero) is 1. The molecule has 3 nitrogen and oxygen atoms in total. The number of hydrogen-bond acceptors (Lipinski definition) is 4. The lowest BCUT2D eigenvalue weighted by Gasteiger charge is -2.04. The molecule has 4 heteroatoms. The van der Waals surface area contributed by atoms with Gasteiger partial charge in [0, 0.05) is 5.56 Å². The standard InChI is InChI=1S/C16H10N2OS/c17-10-12(15(19)11-6-2-1-3-7-11)16-18-13-8-4-5-9-14(13)20-16/h1-9,12H/t12-/m0/s1. The van der Waals surface area contributed by atoms with Crippen LogP contribution >= 0.6 is 11.3 Å². The summed E-state index contributed by atoms with van der Waals surface area (Å²) in [5.41, 5.74) is 1.37. The number of ketones is 1. The lowest BCUT2D eigenvalue weighted by molar-refractivity contribution is 0.0979. The highest BCUT2D eigenvalue weighted by atomic mass is 32.1. The molecule has 0 aliphatic carbocycles. The summed E-state index contributed by atoms with van der Waals surface area (Å²) in [5.74, 6) is -1.04. The van der Waals surface area contributed by atoms with Gasteiger partial charge in [0.05, 0.1) is 16.3 Å². The number of carbonyl (C=O) groups is 1. The smallest absolute Gasteiger partial charge is 0.186 e. The molecule has 0 amide bonds. The van der Waals surface area contributed by atoms with Crippen molar-refractivity contribution in [2.75, 3.05) is 0 Å². The van der Waals surface area contributed by atoms with E-state index in [2.05, 4.69) is 11.1 Å². The van der Waals surface area contributed by atoms with Crippen LogP contribution in [-0.4, -0.2) is 10.8 Å². The van der Waals surface area contributed by atoms with Gasteiger partial charge in [-0.25, -0.2) is 4.98 Å². The van der Waals surface area contributed by atoms with Gasteiger partial charge in [0.2, 0.25) is 0 Å². The Bertz CT molecular complexity index is 769. The first-order valence-electron chi connectivity index (χ1n) is 6.14. The fourth-order valence-corrected chi connectivity index (χ4v) is 3.02. The van der Waals surface area contributed by atoms with Gasteiger partial charge in [0.15, 0.2) is 11.7 Å². The number of para-hydroxylation sites is 1. The molecular weight excluding hydrogens is 268 g/mol. The molecule has 0 N–H and O–H groups in total. The first kappa shape index (κ1) is 12.5. The molecule has 0 unspecified atom stereocenters. The van der Waals surface area contributed by atoms with Crippen LogP contribution in [0.25, 0.3) is 10.2 Å². The number of nitriles is 1. The first-order chi connectivity index (χ1) is 9.79. The lowest BCUT2D eigenvalue weighted by Crippen LogP contribution is -2.10. The summed E-state index contributed by atoms with van der Waals surface area (Å²) < 4.78 is 0.989. The molecule has 20 heavy (non-hydrogen) atoms. The van der Waals surface area contributed by atoms with Crippen molar-refractivity contribution in [2.24, 2.45) is 0 Å². The second-order valence-corrected chi connectivity index (χ2v) is 5.37. The minimum Gasteiger partial charge on any atom is -0.292 e. The van der Waals surface area contributed by atoms with E-state index in [1.54, 1.807) is 24.3 Å². The predicted octanol–water partition coefficient (Wildman–Crippen LogP) is 3.79. The second-order valence-electron chi connectivity index (χ2n) is 4.31. The molecule has 0 bridgehead atoms. The van der Waals surface area contributed by atoms with E-state index in [-0.39, 0.29) is 5.78 Å². The van der Waals surface area contributed by atoms with Crippen molar-refractivity contribution >= 4 is 27.3 Å². The molecule has 1 heterocycles. The van der Waals surface area contributed by atoms with E-state index in [9.17, 15) is 10.1 Å². The third-order valence-electron chi connectivity index (χ3n) is 3.01. The number of aromatic nitrogens is 1. The van der Waals surface area contributed by atoms with Gasteiger partial charge in [-0.2, -0.15) is 5.26 Å². The molecule has 96 valence electrons. The molecule has 0 saturated heterocycles. The zero-order valence-electron chi connectivity index (χ0n) is 10.5. The zero-order chi connectivity index (χ0) is 13.9. The number of benzene rings is 2. The van der Waals surface area contributed by atoms with Crippen LogP contribution in [0.4, 0.5) is 0 Å². The van der Waals surface area contributed by atoms with Gasteiger partial charge in [0.1, 0.15) is 5.01 Å². The minimum atomic E-state index is -0.838. The Morgan fingerprint density at radius 3 is 2.50 bits per heavy atom. The Hall–Kier alpha value is -2.51. The molecule has 0 fully saturated rings. The van der Waals surface area contributed by atoms with Gasteiger partial charge < -0.3 is 0 Å². The van der Waals surface area contributed by atoms with Crippen LogP contribution in [0.2, 0.25) is 0 Å². The van der Waals surface area contributed by atoms with Crippen molar-refractivity contribution < 1.29 is 4.79 Å². The highest BCUT2D eigenvalue weighted by Crippen LogP contribution is 2.29. The maximum atomic E-state index is 12.4. The number of rotatable bonds is 3. The van der Waals surface area contributed by atoms with E-state index in [1.165, 1.54) is 11.3 Å². The molecule has 1 atom stereocenters. The first-order valence-corrected chi connectivity index (χ1v) is 6.95. The van der Waals surface area contributed by atoms with E-state index >= 15 is 0 Å². The van der Waals surface area contributed by atoms with E-state index in [4.69, 9.17) is 0 Å². The Balaban J connectivity index is 2.02. The van der Waals surface area contributed by atoms with Gasteiger partial charge in [-0.3, -0.25) is 4.79 Å². The van der Waals surface area contributed by atoms with Gasteiger partial charge >= 0.3 is 0 Å². The van der Waals surface area contributed by atoms with E-state index in [1.807, 2.05) is 30.3 Å². The van der Waals surface area contributed by atoms with Crippen LogP contribution in [-0.2, 0) is 0 Å². The molecule has 0 aliphatic heterocycles. The summed E-state index contributed by atoms with van der Waals surface area (Å²) in [6.07, 6.45) is 0. The Morgan fingerprint density at radius 1 is 1.10 bits per heavy atom. The van der Waals surface area contributed by atoms with Crippen molar-refractivity contribution in [1.82, 2.24) is 4.98 Å². The fraction of sp³-hybridized carbons (Fsp3) is 0.0625. The lowest BCUT2D eigenvalue weighted by atomic mass is 9.99. The maximum Gasteiger partial charge on any atom is 0.186 e. The minimum absolute atomic E-state index is 0.202. The van der Waals surface area contributed by atoms with Gasteiger partial charge in [-0.15, -0.1) is 11.3 Å². The van der Waals surface area contributed by atoms with Crippen LogP contribution in [0, 0.1) is 11.3 Å². The van der Waals surface area contributed by atoms with Crippen molar-refractivity contribution in [3.63, 3.8) is 0 Å². The molecule has 1 aromatic heterocycles. The summed E-state index contributed by atoms with van der Waals surface area (Å²) >= 11 is 1.40. The van der Waals surface area contributed by atoms with Gasteiger partial charge in [-0.1, -0.05) is 42.5 Å². The molecule has 0 saturated carbocycles. The number of fused-ring (bicyclic) bond motifs is 1. The fourth-order valence-electron chi connectivity index (χ4n) is 2.01. The van der Waals surface area contributed by atoms with Crippen molar-refractivity contribution in [3.8, 4) is 6.07 Å². The van der Waals surface area contributed by atoms with Crippen molar-refractivity contribution in [2.45, 2.75) is 5.92 Å². The number of hydrogen-bond donors (Lipinski definition) is 0. The largest absolute Gasteiger partial charge is 0.292 e. The SMILES string of the molecule is N#C[C@@H](C(=O)c1ccccc1)c1nc2ccccc2s1. The third-order valence-corrected chi connectivity index (χ3v) is 4.11. The third kappa shape index (κ3) is 2.20. The van der Waals surface area contributed by atoms with Crippen LogP contribution in [0.15, 0.2) is 54.6 Å². The van der Waals surface area contributed by atoms with Crippen molar-refractivity contribution in [1.29, 1.82) is 5.26 Å². The van der Waals surface area contributed by atoms with E-state index in [0.29, 0.717) is 10.6 Å². The van der Waals surface area contributed by atoms with E-state index in [0.717, 1.165) is 10.2 Å². The molecular formula is C16H10N2OS. The van der Waals surface area contributed by atoms with Crippen LogP contribution in [0.3, 0.4) is 0 Å². The van der Waals surface area contributed by atoms with Gasteiger partial charge in [0.25, 0.3) is 0 Å². The van der Waals surface area contributed by atoms with E-state index < -0.39 is 5.92 Å². The van der Waals surface area contributed by atoms with Gasteiger partial charge in [-0.05, 0) is 12.1 Å². The normalized spacial score (nSPS) is 11.9. The quantitative estimate of drug-likeness (QED) is 0.685. The highest BCUT2D eigenvalue weighted by Gasteiger charge is 2.25. The zero-order valence-corrected chi connectivity index (χ0v) is 11.3. The van der Waals surface area contributed by atoms with Crippen LogP contribution in [0.1, 0.15) is 21.3 Å². The molecule has 3 rings (SSSR count). The molecule has 0 radical (unpaired) electrons. The summed E-state index contributed by atoms with van der Waals surface area (Å²) in [7, 11) is 0. The number of thiazole rings is 1. The summed E-state index contributed by atoms with van der Waals surface area (Å²) in [4.78, 5) is 16.8. The summed E-state index contributed by atoms with van der Waals surface area (Å²) in [6, 6.07) is 18.6. The summed E-state index contributed by atoms with van der Waals surface area (Å²) in [5, 5.41) is 9.89. The van der Waals surface area contributed by atoms with Crippen LogP contribution < -0.4 is 0 Å².